The summed E-state index contributed by atoms with van der Waals surface area (Å²) >= 11 is 0. The minimum Gasteiger partial charge on any atom is -0.487 e. The number of amides is 1. The van der Waals surface area contributed by atoms with Gasteiger partial charge < -0.3 is 19.9 Å². The fourth-order valence-electron chi connectivity index (χ4n) is 3.94. The van der Waals surface area contributed by atoms with Gasteiger partial charge in [-0.15, -0.1) is 0 Å². The molecule has 0 bridgehead atoms. The van der Waals surface area contributed by atoms with E-state index in [4.69, 9.17) is 4.74 Å². The summed E-state index contributed by atoms with van der Waals surface area (Å²) in [7, 11) is 1.87. The highest BCUT2D eigenvalue weighted by molar-refractivity contribution is 5.95. The molecule has 0 saturated carbocycles. The van der Waals surface area contributed by atoms with E-state index in [2.05, 4.69) is 36.1 Å². The van der Waals surface area contributed by atoms with E-state index in [1.54, 1.807) is 24.5 Å². The molecular weight excluding hydrogens is 480 g/mol. The quantitative estimate of drug-likeness (QED) is 0.587. The molecule has 0 spiro atoms. The largest absolute Gasteiger partial charge is 0.487 e. The Morgan fingerprint density at radius 2 is 1.84 bits per heavy atom. The van der Waals surface area contributed by atoms with Crippen molar-refractivity contribution in [1.29, 1.82) is 0 Å². The highest BCUT2D eigenvalue weighted by atomic mass is 19.3. The normalized spacial score (nSPS) is 18.5. The molecule has 2 aromatic heterocycles. The highest BCUT2D eigenvalue weighted by Crippen LogP contribution is 2.41. The van der Waals surface area contributed by atoms with Gasteiger partial charge in [-0.25, -0.2) is 13.8 Å². The van der Waals surface area contributed by atoms with Crippen LogP contribution in [0.4, 0.5) is 20.3 Å². The second kappa shape index (κ2) is 11.1. The maximum absolute atomic E-state index is 12.6. The molecule has 4 heterocycles. The van der Waals surface area contributed by atoms with Crippen molar-refractivity contribution in [3.63, 3.8) is 0 Å². The molecule has 1 fully saturated rings. The zero-order valence-corrected chi connectivity index (χ0v) is 22.5. The Hall–Kier alpha value is -3.14. The van der Waals surface area contributed by atoms with Crippen molar-refractivity contribution >= 4 is 23.7 Å². The van der Waals surface area contributed by atoms with Gasteiger partial charge in [-0.05, 0) is 38.4 Å². The van der Waals surface area contributed by atoms with Crippen molar-refractivity contribution in [2.45, 2.75) is 58.9 Å². The van der Waals surface area contributed by atoms with Gasteiger partial charge in [0.1, 0.15) is 6.61 Å². The van der Waals surface area contributed by atoms with E-state index in [1.165, 1.54) is 6.20 Å². The fourth-order valence-corrected chi connectivity index (χ4v) is 3.94. The molecule has 10 heteroatoms. The van der Waals surface area contributed by atoms with Gasteiger partial charge in [0.25, 0.3) is 11.8 Å². The number of piperidine rings is 1. The molecule has 1 amide bonds. The first-order valence-electron chi connectivity index (χ1n) is 12.4. The Labute approximate surface area is 217 Å². The van der Waals surface area contributed by atoms with E-state index < -0.39 is 11.5 Å². The summed E-state index contributed by atoms with van der Waals surface area (Å²) < 4.78 is 30.5. The Kier molecular flexibility index (Phi) is 8.52. The second-order valence-corrected chi connectivity index (χ2v) is 11.5. The number of likely N-dealkylation sites (tertiary alicyclic amines) is 1. The summed E-state index contributed by atoms with van der Waals surface area (Å²) in [6.45, 7) is 12.3. The Bertz CT molecular complexity index is 1110. The van der Waals surface area contributed by atoms with Crippen LogP contribution in [0.5, 0.6) is 5.75 Å². The predicted octanol–water partition coefficient (Wildman–Crippen LogP) is 4.72. The van der Waals surface area contributed by atoms with Crippen molar-refractivity contribution in [2.24, 2.45) is 5.41 Å². The van der Waals surface area contributed by atoms with Gasteiger partial charge in [-0.2, -0.15) is 0 Å². The van der Waals surface area contributed by atoms with Crippen LogP contribution in [0.2, 0.25) is 0 Å². The molecule has 2 aromatic rings. The minimum absolute atomic E-state index is 0.00789. The molecule has 1 saturated heterocycles. The van der Waals surface area contributed by atoms with Crippen molar-refractivity contribution in [2.75, 3.05) is 38.2 Å². The van der Waals surface area contributed by atoms with E-state index in [1.807, 2.05) is 30.7 Å². The van der Waals surface area contributed by atoms with Gasteiger partial charge in [-0.3, -0.25) is 14.6 Å². The number of halogens is 2. The number of pyridine rings is 2. The van der Waals surface area contributed by atoms with Gasteiger partial charge in [0.05, 0.1) is 23.0 Å². The monoisotopic (exact) mass is 517 g/mol. The molecule has 1 N–H and O–H groups in total. The number of nitrogens with one attached hydrogen (secondary N) is 1. The molecule has 2 aliphatic heterocycles. The number of hydrogen-bond donors (Lipinski definition) is 1. The maximum atomic E-state index is 12.6. The SMILES string of the molecule is CC(C)(C)CNC(=O)c1cncc(N2c3ncc(C=O)cc3OCC2(C)C)c1.CN1CCC(F)(F)CC1. The van der Waals surface area contributed by atoms with Crippen molar-refractivity contribution in [3.8, 4) is 5.75 Å². The molecule has 202 valence electrons. The Balaban J connectivity index is 0.000000356. The van der Waals surface area contributed by atoms with E-state index in [-0.39, 0.29) is 24.2 Å². The summed E-state index contributed by atoms with van der Waals surface area (Å²) in [4.78, 5) is 36.2. The first-order chi connectivity index (χ1) is 17.2. The summed E-state index contributed by atoms with van der Waals surface area (Å²) in [6, 6.07) is 3.47. The van der Waals surface area contributed by atoms with Crippen LogP contribution in [0.3, 0.4) is 0 Å². The van der Waals surface area contributed by atoms with Crippen molar-refractivity contribution in [3.05, 3.63) is 41.9 Å². The van der Waals surface area contributed by atoms with Gasteiger partial charge in [0.2, 0.25) is 0 Å². The first-order valence-corrected chi connectivity index (χ1v) is 12.4. The molecular formula is C27H37F2N5O3. The molecule has 0 aromatic carbocycles. The fraction of sp³-hybridized carbons (Fsp3) is 0.556. The van der Waals surface area contributed by atoms with Crippen LogP contribution in [0, 0.1) is 5.41 Å². The summed E-state index contributed by atoms with van der Waals surface area (Å²) in [5, 5.41) is 2.95. The van der Waals surface area contributed by atoms with Gasteiger partial charge in [0.15, 0.2) is 17.9 Å². The average molecular weight is 518 g/mol. The number of carbonyl (C=O) groups is 2. The third kappa shape index (κ3) is 7.67. The maximum Gasteiger partial charge on any atom is 0.252 e. The second-order valence-electron chi connectivity index (χ2n) is 11.5. The number of aromatic nitrogens is 2. The van der Waals surface area contributed by atoms with Crippen LogP contribution in [-0.2, 0) is 0 Å². The standard InChI is InChI=1S/C21H26N4O3.C6H11F2N/c1-20(2,3)12-24-19(27)15-7-16(10-22-9-15)25-18-17(28-13-21(25,4)5)6-14(11-26)8-23-18;1-9-4-2-6(7,8)3-5-9/h6-11H,12-13H2,1-5H3,(H,24,27);2-5H2,1H3. The average Bonchev–Trinajstić information content (AvgIpc) is 2.83. The third-order valence-electron chi connectivity index (χ3n) is 6.13. The number of fused-ring (bicyclic) bond motifs is 1. The number of anilines is 2. The van der Waals surface area contributed by atoms with Crippen LogP contribution >= 0.6 is 0 Å². The van der Waals surface area contributed by atoms with E-state index in [0.29, 0.717) is 48.9 Å². The summed E-state index contributed by atoms with van der Waals surface area (Å²) in [5.74, 6) is -1.42. The molecule has 2 aliphatic rings. The number of aldehydes is 1. The smallest absolute Gasteiger partial charge is 0.252 e. The zero-order valence-electron chi connectivity index (χ0n) is 22.5. The van der Waals surface area contributed by atoms with Crippen LogP contribution in [0.1, 0.15) is 68.2 Å². The third-order valence-corrected chi connectivity index (χ3v) is 6.13. The Morgan fingerprint density at radius 1 is 1.16 bits per heavy atom. The lowest BCUT2D eigenvalue weighted by Gasteiger charge is -2.43. The molecule has 0 aliphatic carbocycles. The number of rotatable bonds is 4. The number of ether oxygens (including phenoxy) is 1. The van der Waals surface area contributed by atoms with Gasteiger partial charge >= 0.3 is 0 Å². The molecule has 4 rings (SSSR count). The highest BCUT2D eigenvalue weighted by Gasteiger charge is 2.37. The predicted molar refractivity (Wildman–Crippen MR) is 139 cm³/mol. The molecule has 37 heavy (non-hydrogen) atoms. The summed E-state index contributed by atoms with van der Waals surface area (Å²) in [6.07, 6.45) is 5.57. The van der Waals surface area contributed by atoms with Crippen LogP contribution in [0.15, 0.2) is 30.7 Å². The first kappa shape index (κ1) is 28.4. The molecule has 0 radical (unpaired) electrons. The van der Waals surface area contributed by atoms with E-state index >= 15 is 0 Å². The minimum atomic E-state index is -2.38. The van der Waals surface area contributed by atoms with E-state index in [9.17, 15) is 18.4 Å². The number of carbonyl (C=O) groups excluding carboxylic acids is 2. The van der Waals surface area contributed by atoms with Crippen LogP contribution < -0.4 is 15.0 Å². The molecule has 0 unspecified atom stereocenters. The zero-order chi connectivity index (χ0) is 27.4. The number of nitrogens with zero attached hydrogens (tertiary/aromatic N) is 4. The lowest BCUT2D eigenvalue weighted by molar-refractivity contribution is -0.0504. The summed E-state index contributed by atoms with van der Waals surface area (Å²) in [5.41, 5.74) is 1.25. The number of hydrogen-bond acceptors (Lipinski definition) is 7. The van der Waals surface area contributed by atoms with Crippen LogP contribution in [-0.4, -0.2) is 71.8 Å². The molecule has 0 atom stereocenters. The van der Waals surface area contributed by atoms with Gasteiger partial charge in [0, 0.05) is 50.4 Å². The van der Waals surface area contributed by atoms with Gasteiger partial charge in [-0.1, -0.05) is 20.8 Å². The van der Waals surface area contributed by atoms with Crippen LogP contribution in [0.25, 0.3) is 0 Å². The lowest BCUT2D eigenvalue weighted by atomic mass is 9.97. The lowest BCUT2D eigenvalue weighted by Crippen LogP contribution is -2.49. The van der Waals surface area contributed by atoms with E-state index in [0.717, 1.165) is 12.0 Å². The Morgan fingerprint density at radius 3 is 2.43 bits per heavy atom. The topological polar surface area (TPSA) is 87.7 Å². The van der Waals surface area contributed by atoms with Crippen molar-refractivity contribution in [1.82, 2.24) is 20.2 Å². The van der Waals surface area contributed by atoms with Crippen molar-refractivity contribution < 1.29 is 23.1 Å². The molecule has 8 nitrogen and oxygen atoms in total. The number of alkyl halides is 2.